The van der Waals surface area contributed by atoms with Crippen LogP contribution in [0.5, 0.6) is 0 Å². The van der Waals surface area contributed by atoms with Crippen LogP contribution >= 0.6 is 11.8 Å². The van der Waals surface area contributed by atoms with E-state index in [9.17, 15) is 9.18 Å². The first-order valence-electron chi connectivity index (χ1n) is 4.31. The topological polar surface area (TPSA) is 20.3 Å². The fourth-order valence-corrected chi connectivity index (χ4v) is 2.57. The van der Waals surface area contributed by atoms with Crippen molar-refractivity contribution in [3.05, 3.63) is 35.9 Å². The monoisotopic (exact) mass is 211 g/mol. The maximum Gasteiger partial charge on any atom is 0.268 e. The van der Waals surface area contributed by atoms with Crippen LogP contribution in [0.1, 0.15) is 10.9 Å². The van der Waals surface area contributed by atoms with Gasteiger partial charge >= 0.3 is 0 Å². The average molecular weight is 211 g/mol. The van der Waals surface area contributed by atoms with Gasteiger partial charge in [-0.25, -0.2) is 4.39 Å². The number of thioether (sulfide) groups is 1. The highest BCUT2D eigenvalue weighted by atomic mass is 32.2. The van der Waals surface area contributed by atoms with E-state index in [0.29, 0.717) is 0 Å². The van der Waals surface area contributed by atoms with Gasteiger partial charge in [0.25, 0.3) is 5.91 Å². The summed E-state index contributed by atoms with van der Waals surface area (Å²) < 4.78 is 13.1. The SMILES string of the molecule is CN1C(=O)[C@@H](F)S[C@@H]1c1ccccc1. The predicted octanol–water partition coefficient (Wildman–Crippen LogP) is 2.19. The van der Waals surface area contributed by atoms with E-state index in [-0.39, 0.29) is 5.37 Å². The maximum absolute atomic E-state index is 13.1. The summed E-state index contributed by atoms with van der Waals surface area (Å²) in [7, 11) is 1.63. The molecular formula is C10H10FNOS. The van der Waals surface area contributed by atoms with E-state index >= 15 is 0 Å². The van der Waals surface area contributed by atoms with E-state index in [1.165, 1.54) is 4.90 Å². The van der Waals surface area contributed by atoms with Gasteiger partial charge in [-0.15, -0.1) is 0 Å². The lowest BCUT2D eigenvalue weighted by Gasteiger charge is -2.17. The number of carbonyl (C=O) groups is 1. The van der Waals surface area contributed by atoms with Gasteiger partial charge in [-0.1, -0.05) is 42.1 Å². The van der Waals surface area contributed by atoms with Crippen molar-refractivity contribution in [1.29, 1.82) is 0 Å². The van der Waals surface area contributed by atoms with Crippen molar-refractivity contribution in [3.8, 4) is 0 Å². The summed E-state index contributed by atoms with van der Waals surface area (Å²) in [5.41, 5.74) is -0.446. The summed E-state index contributed by atoms with van der Waals surface area (Å²) in [6.07, 6.45) is 0. The molecule has 0 aromatic heterocycles. The highest BCUT2D eigenvalue weighted by molar-refractivity contribution is 8.01. The number of hydrogen-bond acceptors (Lipinski definition) is 2. The quantitative estimate of drug-likeness (QED) is 0.709. The molecule has 0 saturated carbocycles. The molecule has 0 bridgehead atoms. The molecular weight excluding hydrogens is 201 g/mol. The Kier molecular flexibility index (Phi) is 2.46. The third-order valence-corrected chi connectivity index (χ3v) is 3.51. The number of amides is 1. The molecule has 2 nitrogen and oxygen atoms in total. The Balaban J connectivity index is 2.26. The third-order valence-electron chi connectivity index (χ3n) is 2.23. The lowest BCUT2D eigenvalue weighted by molar-refractivity contribution is -0.131. The lowest BCUT2D eigenvalue weighted by Crippen LogP contribution is -2.25. The van der Waals surface area contributed by atoms with Gasteiger partial charge < -0.3 is 4.90 Å². The second kappa shape index (κ2) is 3.61. The molecule has 1 aromatic carbocycles. The molecule has 0 spiro atoms. The maximum atomic E-state index is 13.1. The van der Waals surface area contributed by atoms with E-state index in [1.54, 1.807) is 7.05 Å². The third kappa shape index (κ3) is 1.50. The first kappa shape index (κ1) is 9.52. The minimum atomic E-state index is -1.41. The van der Waals surface area contributed by atoms with Crippen LogP contribution in [-0.4, -0.2) is 23.4 Å². The van der Waals surface area contributed by atoms with Crippen LogP contribution in [-0.2, 0) is 4.79 Å². The van der Waals surface area contributed by atoms with Gasteiger partial charge in [0.1, 0.15) is 5.37 Å². The summed E-state index contributed by atoms with van der Waals surface area (Å²) in [6, 6.07) is 9.48. The zero-order valence-corrected chi connectivity index (χ0v) is 8.50. The Morgan fingerprint density at radius 2 is 2.00 bits per heavy atom. The van der Waals surface area contributed by atoms with Gasteiger partial charge in [0.15, 0.2) is 0 Å². The summed E-state index contributed by atoms with van der Waals surface area (Å²) >= 11 is 1.04. The van der Waals surface area contributed by atoms with Gasteiger partial charge in [-0.3, -0.25) is 4.79 Å². The molecule has 1 fully saturated rings. The molecule has 1 heterocycles. The van der Waals surface area contributed by atoms with Crippen LogP contribution in [0.3, 0.4) is 0 Å². The first-order chi connectivity index (χ1) is 6.70. The number of rotatable bonds is 1. The molecule has 1 aromatic rings. The predicted molar refractivity (Wildman–Crippen MR) is 54.4 cm³/mol. The van der Waals surface area contributed by atoms with E-state index < -0.39 is 11.4 Å². The van der Waals surface area contributed by atoms with Crippen LogP contribution in [0.2, 0.25) is 0 Å². The summed E-state index contributed by atoms with van der Waals surface area (Å²) in [4.78, 5) is 12.7. The highest BCUT2D eigenvalue weighted by Gasteiger charge is 2.38. The number of nitrogens with zero attached hydrogens (tertiary/aromatic N) is 1. The summed E-state index contributed by atoms with van der Waals surface area (Å²) in [6.45, 7) is 0. The Labute approximate surface area is 86.1 Å². The minimum Gasteiger partial charge on any atom is -0.326 e. The van der Waals surface area contributed by atoms with Crippen molar-refractivity contribution in [2.24, 2.45) is 0 Å². The molecule has 1 amide bonds. The van der Waals surface area contributed by atoms with Gasteiger partial charge in [-0.2, -0.15) is 0 Å². The van der Waals surface area contributed by atoms with E-state index in [1.807, 2.05) is 30.3 Å². The fourth-order valence-electron chi connectivity index (χ4n) is 1.46. The van der Waals surface area contributed by atoms with Crippen molar-refractivity contribution in [3.63, 3.8) is 0 Å². The summed E-state index contributed by atoms with van der Waals surface area (Å²) in [5, 5.41) is -0.182. The smallest absolute Gasteiger partial charge is 0.268 e. The summed E-state index contributed by atoms with van der Waals surface area (Å²) in [5.74, 6) is -0.441. The normalized spacial score (nSPS) is 27.0. The number of halogens is 1. The average Bonchev–Trinajstić information content (AvgIpc) is 2.47. The van der Waals surface area contributed by atoms with Gasteiger partial charge in [0.05, 0.1) is 0 Å². The lowest BCUT2D eigenvalue weighted by atomic mass is 10.2. The molecule has 0 unspecified atom stereocenters. The van der Waals surface area contributed by atoms with Crippen molar-refractivity contribution in [1.82, 2.24) is 4.90 Å². The molecule has 1 aliphatic rings. The number of carbonyl (C=O) groups excluding carboxylic acids is 1. The Hall–Kier alpha value is -1.03. The molecule has 2 atom stereocenters. The Bertz CT molecular complexity index is 343. The molecule has 0 N–H and O–H groups in total. The van der Waals surface area contributed by atoms with E-state index in [2.05, 4.69) is 0 Å². The van der Waals surface area contributed by atoms with Gasteiger partial charge in [0.2, 0.25) is 5.50 Å². The standard InChI is InChI=1S/C10H10FNOS/c1-12-9(13)8(11)14-10(12)7-5-3-2-4-6-7/h2-6,8,10H,1H3/t8-,10+/m0/s1. The molecule has 0 aliphatic carbocycles. The van der Waals surface area contributed by atoms with Crippen molar-refractivity contribution in [2.75, 3.05) is 7.05 Å². The van der Waals surface area contributed by atoms with Crippen molar-refractivity contribution >= 4 is 17.7 Å². The molecule has 4 heteroatoms. The van der Waals surface area contributed by atoms with Crippen LogP contribution < -0.4 is 0 Å². The molecule has 74 valence electrons. The van der Waals surface area contributed by atoms with Crippen LogP contribution in [0.15, 0.2) is 30.3 Å². The molecule has 14 heavy (non-hydrogen) atoms. The van der Waals surface area contributed by atoms with Crippen molar-refractivity contribution in [2.45, 2.75) is 10.9 Å². The van der Waals surface area contributed by atoms with Gasteiger partial charge in [-0.05, 0) is 5.56 Å². The molecule has 1 aliphatic heterocycles. The number of alkyl halides is 1. The van der Waals surface area contributed by atoms with Crippen LogP contribution in [0.25, 0.3) is 0 Å². The van der Waals surface area contributed by atoms with Crippen molar-refractivity contribution < 1.29 is 9.18 Å². The number of benzene rings is 1. The minimum absolute atomic E-state index is 0.182. The Morgan fingerprint density at radius 1 is 1.36 bits per heavy atom. The van der Waals surface area contributed by atoms with E-state index in [0.717, 1.165) is 17.3 Å². The van der Waals surface area contributed by atoms with Gasteiger partial charge in [0, 0.05) is 7.05 Å². The van der Waals surface area contributed by atoms with Crippen LogP contribution in [0.4, 0.5) is 4.39 Å². The highest BCUT2D eigenvalue weighted by Crippen LogP contribution is 2.42. The largest absolute Gasteiger partial charge is 0.326 e. The molecule has 2 rings (SSSR count). The Morgan fingerprint density at radius 3 is 2.50 bits per heavy atom. The van der Waals surface area contributed by atoms with Crippen LogP contribution in [0, 0.1) is 0 Å². The zero-order chi connectivity index (χ0) is 10.1. The first-order valence-corrected chi connectivity index (χ1v) is 5.25. The van der Waals surface area contributed by atoms with E-state index in [4.69, 9.17) is 0 Å². The fraction of sp³-hybridized carbons (Fsp3) is 0.300. The zero-order valence-electron chi connectivity index (χ0n) is 7.68. The second-order valence-electron chi connectivity index (χ2n) is 3.16. The second-order valence-corrected chi connectivity index (χ2v) is 4.30. The molecule has 1 saturated heterocycles. The number of hydrogen-bond donors (Lipinski definition) is 0. The molecule has 0 radical (unpaired) electrons.